The van der Waals surface area contributed by atoms with Gasteiger partial charge in [0.05, 0.1) is 0 Å². The molecule has 1 amide bonds. The number of rotatable bonds is 9. The molecule has 1 heterocycles. The number of hydrogen-bond donors (Lipinski definition) is 2. The summed E-state index contributed by atoms with van der Waals surface area (Å²) in [7, 11) is 0. The molecule has 7 heteroatoms. The first-order valence-electron chi connectivity index (χ1n) is 10.2. The van der Waals surface area contributed by atoms with E-state index in [9.17, 15) is 14.7 Å². The first kappa shape index (κ1) is 20.6. The molecule has 4 rings (SSSR count). The van der Waals surface area contributed by atoms with Gasteiger partial charge in [0.25, 0.3) is 0 Å². The Kier molecular flexibility index (Phi) is 5.72. The van der Waals surface area contributed by atoms with Crippen molar-refractivity contribution in [3.63, 3.8) is 0 Å². The van der Waals surface area contributed by atoms with Crippen LogP contribution in [-0.2, 0) is 9.53 Å². The molecular formula is C24H23N3O4. The van der Waals surface area contributed by atoms with Crippen LogP contribution in [0.4, 0.5) is 4.79 Å². The maximum absolute atomic E-state index is 12.4. The molecule has 0 spiro atoms. The van der Waals surface area contributed by atoms with Crippen molar-refractivity contribution in [1.29, 1.82) is 0 Å². The molecule has 0 unspecified atom stereocenters. The van der Waals surface area contributed by atoms with E-state index in [-0.39, 0.29) is 18.9 Å². The van der Waals surface area contributed by atoms with Crippen molar-refractivity contribution in [2.75, 3.05) is 6.61 Å². The zero-order chi connectivity index (χ0) is 21.8. The fraction of sp³-hybridized carbons (Fsp3) is 0.333. The number of carbonyl (C=O) groups is 2. The fourth-order valence-corrected chi connectivity index (χ4v) is 4.08. The second kappa shape index (κ2) is 8.60. The summed E-state index contributed by atoms with van der Waals surface area (Å²) in [5.41, 5.74) is 3.86. The molecule has 2 aliphatic rings. The normalized spacial score (nSPS) is 16.0. The summed E-state index contributed by atoms with van der Waals surface area (Å²) in [5, 5.41) is 20.0. The van der Waals surface area contributed by atoms with Gasteiger partial charge in [-0.3, -0.25) is 0 Å². The van der Waals surface area contributed by atoms with Crippen molar-refractivity contribution < 1.29 is 19.4 Å². The molecule has 0 saturated carbocycles. The summed E-state index contributed by atoms with van der Waals surface area (Å²) in [6.45, 7) is 0.128. The molecule has 0 fully saturated rings. The standard InChI is InChI=1S/C24H23N3O4/c1-2-3-13-24(26-27-24)14-12-21(22(28)29)25-23(30)31-15-20-18-10-6-4-8-16(18)17-9-5-7-11-19(17)20/h1,4-11,20-21H,3,12-15H2,(H,25,30)(H,28,29)/t21-/m0/s1. The average Bonchev–Trinajstić information content (AvgIpc) is 3.48. The summed E-state index contributed by atoms with van der Waals surface area (Å²) in [6, 6.07) is 15.0. The van der Waals surface area contributed by atoms with Crippen LogP contribution < -0.4 is 5.32 Å². The van der Waals surface area contributed by atoms with Gasteiger partial charge in [-0.05, 0) is 35.1 Å². The molecule has 2 aromatic rings. The first-order chi connectivity index (χ1) is 15.0. The number of terminal acetylenes is 1. The number of fused-ring (bicyclic) bond motifs is 3. The van der Waals surface area contributed by atoms with Crippen molar-refractivity contribution in [2.24, 2.45) is 10.2 Å². The summed E-state index contributed by atoms with van der Waals surface area (Å²) in [4.78, 5) is 24.0. The van der Waals surface area contributed by atoms with E-state index < -0.39 is 23.8 Å². The van der Waals surface area contributed by atoms with Gasteiger partial charge in [0.1, 0.15) is 12.6 Å². The zero-order valence-electron chi connectivity index (χ0n) is 17.0. The van der Waals surface area contributed by atoms with Crippen LogP contribution in [0.2, 0.25) is 0 Å². The number of carboxylic acid groups (broad SMARTS) is 1. The minimum Gasteiger partial charge on any atom is -0.480 e. The molecule has 1 aliphatic carbocycles. The summed E-state index contributed by atoms with van der Waals surface area (Å²) in [5.74, 6) is 1.33. The second-order valence-corrected chi connectivity index (χ2v) is 7.79. The predicted molar refractivity (Wildman–Crippen MR) is 115 cm³/mol. The van der Waals surface area contributed by atoms with E-state index >= 15 is 0 Å². The highest BCUT2D eigenvalue weighted by atomic mass is 16.5. The second-order valence-electron chi connectivity index (χ2n) is 7.79. The van der Waals surface area contributed by atoms with Gasteiger partial charge < -0.3 is 15.2 Å². The maximum Gasteiger partial charge on any atom is 0.407 e. The van der Waals surface area contributed by atoms with Crippen LogP contribution >= 0.6 is 0 Å². The number of ether oxygens (including phenoxy) is 1. The van der Waals surface area contributed by atoms with E-state index in [0.717, 1.165) is 22.3 Å². The van der Waals surface area contributed by atoms with E-state index in [1.807, 2.05) is 36.4 Å². The number of carbonyl (C=O) groups excluding carboxylic acids is 1. The van der Waals surface area contributed by atoms with Gasteiger partial charge in [-0.25, -0.2) is 9.59 Å². The SMILES string of the molecule is C#CCCC1(CC[C@H](NC(=O)OCC2c3ccccc3-c3ccccc32)C(=O)O)N=N1. The van der Waals surface area contributed by atoms with Gasteiger partial charge in [0, 0.05) is 18.8 Å². The monoisotopic (exact) mass is 417 g/mol. The molecule has 0 aromatic heterocycles. The molecule has 0 bridgehead atoms. The van der Waals surface area contributed by atoms with Crippen LogP contribution in [0.15, 0.2) is 58.8 Å². The number of nitrogens with zero attached hydrogens (tertiary/aromatic N) is 2. The summed E-state index contributed by atoms with van der Waals surface area (Å²) >= 11 is 0. The average molecular weight is 417 g/mol. The highest BCUT2D eigenvalue weighted by Crippen LogP contribution is 2.44. The van der Waals surface area contributed by atoms with E-state index in [2.05, 4.69) is 33.6 Å². The minimum atomic E-state index is -1.12. The van der Waals surface area contributed by atoms with Crippen LogP contribution in [0.5, 0.6) is 0 Å². The summed E-state index contributed by atoms with van der Waals surface area (Å²) < 4.78 is 5.45. The van der Waals surface area contributed by atoms with Crippen LogP contribution in [0.1, 0.15) is 42.7 Å². The van der Waals surface area contributed by atoms with Crippen molar-refractivity contribution in [1.82, 2.24) is 5.32 Å². The van der Waals surface area contributed by atoms with Crippen molar-refractivity contribution in [3.8, 4) is 23.5 Å². The Labute approximate surface area is 180 Å². The Balaban J connectivity index is 1.35. The Morgan fingerprint density at radius 3 is 2.26 bits per heavy atom. The number of hydrogen-bond acceptors (Lipinski definition) is 5. The van der Waals surface area contributed by atoms with Crippen LogP contribution in [0.25, 0.3) is 11.1 Å². The first-order valence-corrected chi connectivity index (χ1v) is 10.2. The molecule has 1 atom stereocenters. The molecule has 1 aliphatic heterocycles. The van der Waals surface area contributed by atoms with Gasteiger partial charge >= 0.3 is 12.1 Å². The molecule has 2 aromatic carbocycles. The smallest absolute Gasteiger partial charge is 0.407 e. The lowest BCUT2D eigenvalue weighted by atomic mass is 9.98. The number of benzene rings is 2. The highest BCUT2D eigenvalue weighted by molar-refractivity contribution is 5.81. The highest BCUT2D eigenvalue weighted by Gasteiger charge is 2.40. The number of aliphatic carboxylic acids is 1. The van der Waals surface area contributed by atoms with Gasteiger partial charge in [0.15, 0.2) is 5.66 Å². The third kappa shape index (κ3) is 4.43. The van der Waals surface area contributed by atoms with Gasteiger partial charge in [-0.15, -0.1) is 12.3 Å². The molecule has 158 valence electrons. The largest absolute Gasteiger partial charge is 0.480 e. The molecular weight excluding hydrogens is 394 g/mol. The Hall–Kier alpha value is -3.66. The number of nitrogens with one attached hydrogen (secondary N) is 1. The van der Waals surface area contributed by atoms with Crippen LogP contribution in [0.3, 0.4) is 0 Å². The zero-order valence-corrected chi connectivity index (χ0v) is 17.0. The topological polar surface area (TPSA) is 100 Å². The van der Waals surface area contributed by atoms with E-state index in [0.29, 0.717) is 19.3 Å². The predicted octanol–water partition coefficient (Wildman–Crippen LogP) is 4.33. The Morgan fingerprint density at radius 2 is 1.71 bits per heavy atom. The van der Waals surface area contributed by atoms with Gasteiger partial charge in [-0.2, -0.15) is 10.2 Å². The lowest BCUT2D eigenvalue weighted by Crippen LogP contribution is -2.42. The minimum absolute atomic E-state index is 0.0856. The Bertz CT molecular complexity index is 1020. The quantitative estimate of drug-likeness (QED) is 0.593. The van der Waals surface area contributed by atoms with Crippen LogP contribution in [0, 0.1) is 12.3 Å². The van der Waals surface area contributed by atoms with Crippen molar-refractivity contribution in [3.05, 3.63) is 59.7 Å². The molecule has 2 N–H and O–H groups in total. The van der Waals surface area contributed by atoms with Gasteiger partial charge in [0.2, 0.25) is 0 Å². The fourth-order valence-electron chi connectivity index (χ4n) is 4.08. The van der Waals surface area contributed by atoms with Crippen molar-refractivity contribution in [2.45, 2.75) is 43.3 Å². The van der Waals surface area contributed by atoms with E-state index in [1.54, 1.807) is 0 Å². The van der Waals surface area contributed by atoms with E-state index in [1.165, 1.54) is 0 Å². The van der Waals surface area contributed by atoms with Crippen LogP contribution in [-0.4, -0.2) is 35.5 Å². The lowest BCUT2D eigenvalue weighted by Gasteiger charge is -2.18. The van der Waals surface area contributed by atoms with Crippen molar-refractivity contribution >= 4 is 12.1 Å². The number of carboxylic acids is 1. The third-order valence-electron chi connectivity index (χ3n) is 5.82. The lowest BCUT2D eigenvalue weighted by molar-refractivity contribution is -0.139. The molecule has 7 nitrogen and oxygen atoms in total. The molecule has 31 heavy (non-hydrogen) atoms. The summed E-state index contributed by atoms with van der Waals surface area (Å²) in [6.07, 6.45) is 6.23. The number of amides is 1. The molecule has 0 saturated heterocycles. The van der Waals surface area contributed by atoms with Gasteiger partial charge in [-0.1, -0.05) is 48.5 Å². The Morgan fingerprint density at radius 1 is 1.10 bits per heavy atom. The number of alkyl carbamates (subject to hydrolysis) is 1. The third-order valence-corrected chi connectivity index (χ3v) is 5.82. The van der Waals surface area contributed by atoms with E-state index in [4.69, 9.17) is 11.2 Å². The maximum atomic E-state index is 12.4. The molecule has 0 radical (unpaired) electrons.